The summed E-state index contributed by atoms with van der Waals surface area (Å²) < 4.78 is 6.44. The highest BCUT2D eigenvalue weighted by Gasteiger charge is 2.50. The SMILES string of the molecule is C[C@@H](O[Si](C)(C)C(C)(C)C)[C@H]1C(=O)N[C@@H]1[C@@H](C)C(=O)N1CCN(C)CC1. The molecule has 0 aliphatic carbocycles. The zero-order chi connectivity index (χ0) is 19.9. The van der Waals surface area contributed by atoms with Gasteiger partial charge in [0, 0.05) is 26.2 Å². The van der Waals surface area contributed by atoms with Crippen LogP contribution >= 0.6 is 0 Å². The van der Waals surface area contributed by atoms with E-state index in [1.165, 1.54) is 0 Å². The maximum absolute atomic E-state index is 12.9. The molecule has 0 aromatic rings. The van der Waals surface area contributed by atoms with E-state index in [9.17, 15) is 9.59 Å². The predicted molar refractivity (Wildman–Crippen MR) is 106 cm³/mol. The van der Waals surface area contributed by atoms with Gasteiger partial charge in [0.25, 0.3) is 0 Å². The third kappa shape index (κ3) is 4.31. The molecule has 0 saturated carbocycles. The van der Waals surface area contributed by atoms with Crippen molar-refractivity contribution in [2.75, 3.05) is 33.2 Å². The van der Waals surface area contributed by atoms with Gasteiger partial charge in [0.15, 0.2) is 8.32 Å². The fourth-order valence-electron chi connectivity index (χ4n) is 3.54. The van der Waals surface area contributed by atoms with Crippen LogP contribution in [-0.4, -0.2) is 75.3 Å². The second kappa shape index (κ2) is 7.60. The summed E-state index contributed by atoms with van der Waals surface area (Å²) in [6, 6.07) is -0.130. The van der Waals surface area contributed by atoms with Crippen molar-refractivity contribution in [3.63, 3.8) is 0 Å². The summed E-state index contributed by atoms with van der Waals surface area (Å²) in [5, 5.41) is 3.06. The molecule has 150 valence electrons. The Morgan fingerprint density at radius 1 is 1.19 bits per heavy atom. The van der Waals surface area contributed by atoms with Crippen molar-refractivity contribution < 1.29 is 14.0 Å². The van der Waals surface area contributed by atoms with E-state index in [1.807, 2.05) is 18.7 Å². The van der Waals surface area contributed by atoms with Crippen molar-refractivity contribution in [3.8, 4) is 0 Å². The molecule has 2 rings (SSSR count). The molecular weight excluding hydrogens is 346 g/mol. The van der Waals surface area contributed by atoms with Gasteiger partial charge in [-0.15, -0.1) is 0 Å². The minimum atomic E-state index is -1.96. The molecule has 2 aliphatic heterocycles. The molecule has 7 heteroatoms. The first-order chi connectivity index (χ1) is 11.8. The molecule has 0 spiro atoms. The summed E-state index contributed by atoms with van der Waals surface area (Å²) in [5.74, 6) is -0.297. The van der Waals surface area contributed by atoms with Crippen LogP contribution in [0.5, 0.6) is 0 Å². The molecule has 0 aromatic heterocycles. The predicted octanol–water partition coefficient (Wildman–Crippen LogP) is 1.92. The van der Waals surface area contributed by atoms with Crippen LogP contribution in [0.15, 0.2) is 0 Å². The lowest BCUT2D eigenvalue weighted by Crippen LogP contribution is -2.68. The Morgan fingerprint density at radius 2 is 1.73 bits per heavy atom. The molecule has 6 nitrogen and oxygen atoms in total. The number of hydrogen-bond donors (Lipinski definition) is 1. The van der Waals surface area contributed by atoms with Crippen LogP contribution in [0.1, 0.15) is 34.6 Å². The molecule has 0 radical (unpaired) electrons. The first-order valence-electron chi connectivity index (χ1n) is 9.80. The van der Waals surface area contributed by atoms with E-state index >= 15 is 0 Å². The second-order valence-corrected chi connectivity index (χ2v) is 14.3. The Balaban J connectivity index is 2.01. The molecule has 0 aromatic carbocycles. The fourth-order valence-corrected chi connectivity index (χ4v) is 4.97. The number of β-lactam (4-membered cyclic amide) rings is 1. The first kappa shape index (κ1) is 21.4. The Bertz CT molecular complexity index is 539. The van der Waals surface area contributed by atoms with Gasteiger partial charge >= 0.3 is 0 Å². The van der Waals surface area contributed by atoms with Gasteiger partial charge in [0.05, 0.1) is 24.0 Å². The molecule has 2 fully saturated rings. The third-order valence-corrected chi connectivity index (χ3v) is 11.1. The average Bonchev–Trinajstić information content (AvgIpc) is 2.50. The van der Waals surface area contributed by atoms with Crippen molar-refractivity contribution in [1.82, 2.24) is 15.1 Å². The Kier molecular flexibility index (Phi) is 6.25. The van der Waals surface area contributed by atoms with Crippen LogP contribution in [0.2, 0.25) is 18.1 Å². The van der Waals surface area contributed by atoms with Crippen LogP contribution in [0.4, 0.5) is 0 Å². The van der Waals surface area contributed by atoms with E-state index < -0.39 is 8.32 Å². The third-order valence-electron chi connectivity index (χ3n) is 6.53. The lowest BCUT2D eigenvalue weighted by molar-refractivity contribution is -0.148. The number of amides is 2. The quantitative estimate of drug-likeness (QED) is 0.582. The summed E-state index contributed by atoms with van der Waals surface area (Å²) >= 11 is 0. The van der Waals surface area contributed by atoms with Gasteiger partial charge in [-0.3, -0.25) is 9.59 Å². The molecule has 0 unspecified atom stereocenters. The number of nitrogens with one attached hydrogen (secondary N) is 1. The molecule has 4 atom stereocenters. The van der Waals surface area contributed by atoms with Crippen molar-refractivity contribution in [2.45, 2.75) is 64.9 Å². The smallest absolute Gasteiger partial charge is 0.228 e. The number of nitrogens with zero attached hydrogens (tertiary/aromatic N) is 2. The van der Waals surface area contributed by atoms with E-state index in [2.05, 4.69) is 51.1 Å². The van der Waals surface area contributed by atoms with Gasteiger partial charge in [0.2, 0.25) is 11.8 Å². The van der Waals surface area contributed by atoms with Crippen LogP contribution in [0.3, 0.4) is 0 Å². The summed E-state index contributed by atoms with van der Waals surface area (Å²) in [7, 11) is 0.122. The fraction of sp³-hybridized carbons (Fsp3) is 0.895. The van der Waals surface area contributed by atoms with Crippen LogP contribution in [0, 0.1) is 11.8 Å². The van der Waals surface area contributed by atoms with Gasteiger partial charge in [-0.25, -0.2) is 0 Å². The molecule has 2 aliphatic rings. The van der Waals surface area contributed by atoms with Crippen molar-refractivity contribution >= 4 is 20.1 Å². The molecule has 2 amide bonds. The number of carbonyl (C=O) groups is 2. The summed E-state index contributed by atoms with van der Waals surface area (Å²) in [5.41, 5.74) is 0. The lowest BCUT2D eigenvalue weighted by atomic mass is 9.78. The van der Waals surface area contributed by atoms with Gasteiger partial charge in [-0.1, -0.05) is 27.7 Å². The highest BCUT2D eigenvalue weighted by molar-refractivity contribution is 6.74. The molecule has 2 heterocycles. The Labute approximate surface area is 159 Å². The Morgan fingerprint density at radius 3 is 2.19 bits per heavy atom. The van der Waals surface area contributed by atoms with Crippen LogP contribution in [0.25, 0.3) is 0 Å². The number of likely N-dealkylation sites (N-methyl/N-ethyl adjacent to an activating group) is 1. The summed E-state index contributed by atoms with van der Waals surface area (Å²) in [6.45, 7) is 18.3. The highest BCUT2D eigenvalue weighted by atomic mass is 28.4. The van der Waals surface area contributed by atoms with Gasteiger partial charge in [-0.05, 0) is 32.1 Å². The number of rotatable bonds is 5. The van der Waals surface area contributed by atoms with Gasteiger partial charge < -0.3 is 19.5 Å². The summed E-state index contributed by atoms with van der Waals surface area (Å²) in [6.07, 6.45) is -0.169. The minimum absolute atomic E-state index is 0.0132. The molecule has 2 saturated heterocycles. The monoisotopic (exact) mass is 383 g/mol. The highest BCUT2D eigenvalue weighted by Crippen LogP contribution is 2.39. The van der Waals surface area contributed by atoms with E-state index in [-0.39, 0.29) is 40.8 Å². The zero-order valence-electron chi connectivity index (χ0n) is 17.8. The van der Waals surface area contributed by atoms with Gasteiger partial charge in [0.1, 0.15) is 0 Å². The minimum Gasteiger partial charge on any atom is -0.413 e. The van der Waals surface area contributed by atoms with Crippen molar-refractivity contribution in [2.24, 2.45) is 11.8 Å². The number of piperazine rings is 1. The largest absolute Gasteiger partial charge is 0.413 e. The zero-order valence-corrected chi connectivity index (χ0v) is 18.8. The average molecular weight is 384 g/mol. The van der Waals surface area contributed by atoms with E-state index in [0.29, 0.717) is 0 Å². The number of carbonyl (C=O) groups excluding carboxylic acids is 2. The standard InChI is InChI=1S/C19H37N3O3Si/c1-13(18(24)22-11-9-21(6)10-12-22)16-15(17(23)20-16)14(2)25-26(7,8)19(3,4)5/h13-16H,9-12H2,1-8H3,(H,20,23)/t13-,14-,15-,16-/m1/s1. The van der Waals surface area contributed by atoms with E-state index in [1.54, 1.807) is 0 Å². The van der Waals surface area contributed by atoms with Crippen molar-refractivity contribution in [3.05, 3.63) is 0 Å². The maximum atomic E-state index is 12.9. The van der Waals surface area contributed by atoms with Crippen LogP contribution in [-0.2, 0) is 14.0 Å². The summed E-state index contributed by atoms with van der Waals surface area (Å²) in [4.78, 5) is 29.3. The second-order valence-electron chi connectivity index (χ2n) is 9.56. The molecule has 0 bridgehead atoms. The molecular formula is C19H37N3O3Si. The normalized spacial score (nSPS) is 27.5. The van der Waals surface area contributed by atoms with E-state index in [0.717, 1.165) is 26.2 Å². The molecule has 26 heavy (non-hydrogen) atoms. The van der Waals surface area contributed by atoms with Crippen molar-refractivity contribution in [1.29, 1.82) is 0 Å². The van der Waals surface area contributed by atoms with E-state index in [4.69, 9.17) is 4.43 Å². The first-order valence-corrected chi connectivity index (χ1v) is 12.7. The Hall–Kier alpha value is -0.923. The topological polar surface area (TPSA) is 61.9 Å². The lowest BCUT2D eigenvalue weighted by Gasteiger charge is -2.47. The maximum Gasteiger partial charge on any atom is 0.228 e. The van der Waals surface area contributed by atoms with Gasteiger partial charge in [-0.2, -0.15) is 0 Å². The molecule has 1 N–H and O–H groups in total. The number of hydrogen-bond acceptors (Lipinski definition) is 4. The van der Waals surface area contributed by atoms with Crippen LogP contribution < -0.4 is 5.32 Å².